The first-order valence-electron chi connectivity index (χ1n) is 8.59. The fourth-order valence-corrected chi connectivity index (χ4v) is 5.40. The monoisotopic (exact) mass is 412 g/mol. The zero-order valence-electron chi connectivity index (χ0n) is 14.9. The summed E-state index contributed by atoms with van der Waals surface area (Å²) in [5, 5.41) is 0.365. The van der Waals surface area contributed by atoms with Crippen LogP contribution in [0.1, 0.15) is 12.5 Å². The average Bonchev–Trinajstić information content (AvgIpc) is 3.20. The van der Waals surface area contributed by atoms with Crippen LogP contribution in [0.15, 0.2) is 70.6 Å². The molecule has 1 fully saturated rings. The third-order valence-corrected chi connectivity index (χ3v) is 7.08. The van der Waals surface area contributed by atoms with Gasteiger partial charge in [0.25, 0.3) is 21.2 Å². The van der Waals surface area contributed by atoms with Crippen LogP contribution >= 0.6 is 11.8 Å². The van der Waals surface area contributed by atoms with Crippen molar-refractivity contribution in [2.24, 2.45) is 0 Å². The van der Waals surface area contributed by atoms with E-state index in [1.807, 2.05) is 0 Å². The summed E-state index contributed by atoms with van der Waals surface area (Å²) in [6.07, 6.45) is 3.08. The van der Waals surface area contributed by atoms with Gasteiger partial charge < -0.3 is 0 Å². The van der Waals surface area contributed by atoms with E-state index in [9.17, 15) is 18.0 Å². The first kappa shape index (κ1) is 18.5. The standard InChI is InChI=1S/C20H16N2O4S2/c1-2-21-19(23)18(27-20(21)24)12-14-13-22(17-11-7-6-10-16(14)17)28(25,26)15-8-4-3-5-9-15/h3-13H,2H2,1H3/b18-12-. The molecule has 3 aromatic rings. The molecule has 142 valence electrons. The van der Waals surface area contributed by atoms with Gasteiger partial charge in [-0.05, 0) is 43.0 Å². The molecule has 0 radical (unpaired) electrons. The second-order valence-electron chi connectivity index (χ2n) is 6.14. The molecule has 6 nitrogen and oxygen atoms in total. The summed E-state index contributed by atoms with van der Waals surface area (Å²) in [4.78, 5) is 26.0. The highest BCUT2D eigenvalue weighted by Crippen LogP contribution is 2.34. The van der Waals surface area contributed by atoms with Gasteiger partial charge in [0.1, 0.15) is 0 Å². The number of hydrogen-bond acceptors (Lipinski definition) is 5. The van der Waals surface area contributed by atoms with Gasteiger partial charge in [-0.2, -0.15) is 0 Å². The highest BCUT2D eigenvalue weighted by molar-refractivity contribution is 8.18. The summed E-state index contributed by atoms with van der Waals surface area (Å²) in [7, 11) is -3.80. The van der Waals surface area contributed by atoms with Crippen LogP contribution in [0.3, 0.4) is 0 Å². The Morgan fingerprint density at radius 1 is 1.00 bits per heavy atom. The Balaban J connectivity index is 1.88. The molecule has 2 heterocycles. The topological polar surface area (TPSA) is 76.5 Å². The van der Waals surface area contributed by atoms with E-state index in [4.69, 9.17) is 0 Å². The molecule has 0 unspecified atom stereocenters. The number of likely N-dealkylation sites (N-methyl/N-ethyl adjacent to an activating group) is 1. The Labute approximate surface area is 166 Å². The number of rotatable bonds is 4. The molecule has 0 bridgehead atoms. The number of hydrogen-bond donors (Lipinski definition) is 0. The number of imide groups is 1. The molecular weight excluding hydrogens is 396 g/mol. The lowest BCUT2D eigenvalue weighted by molar-refractivity contribution is -0.122. The average molecular weight is 412 g/mol. The van der Waals surface area contributed by atoms with Crippen molar-refractivity contribution in [1.29, 1.82) is 0 Å². The van der Waals surface area contributed by atoms with E-state index in [0.29, 0.717) is 23.0 Å². The van der Waals surface area contributed by atoms with E-state index in [1.165, 1.54) is 22.3 Å². The number of aromatic nitrogens is 1. The predicted octanol–water partition coefficient (Wildman–Crippen LogP) is 3.93. The quantitative estimate of drug-likeness (QED) is 0.607. The first-order valence-corrected chi connectivity index (χ1v) is 10.8. The van der Waals surface area contributed by atoms with Crippen molar-refractivity contribution in [3.8, 4) is 0 Å². The normalized spacial score (nSPS) is 16.5. The number of nitrogens with zero attached hydrogens (tertiary/aromatic N) is 2. The fraction of sp³-hybridized carbons (Fsp3) is 0.100. The van der Waals surface area contributed by atoms with Gasteiger partial charge in [-0.25, -0.2) is 12.4 Å². The molecule has 1 aliphatic rings. The van der Waals surface area contributed by atoms with Crippen LogP contribution in [0.2, 0.25) is 0 Å². The van der Waals surface area contributed by atoms with Crippen LogP contribution in [0, 0.1) is 0 Å². The smallest absolute Gasteiger partial charge is 0.269 e. The molecule has 4 rings (SSSR count). The highest BCUT2D eigenvalue weighted by Gasteiger charge is 2.34. The Kier molecular flexibility index (Phi) is 4.60. The third kappa shape index (κ3) is 2.94. The van der Waals surface area contributed by atoms with Crippen molar-refractivity contribution >= 4 is 49.9 Å². The van der Waals surface area contributed by atoms with Crippen molar-refractivity contribution in [3.63, 3.8) is 0 Å². The molecule has 1 saturated heterocycles. The maximum atomic E-state index is 13.1. The summed E-state index contributed by atoms with van der Waals surface area (Å²) in [6, 6.07) is 15.2. The summed E-state index contributed by atoms with van der Waals surface area (Å²) in [6.45, 7) is 2.03. The lowest BCUT2D eigenvalue weighted by Gasteiger charge is -2.07. The van der Waals surface area contributed by atoms with Crippen molar-refractivity contribution < 1.29 is 18.0 Å². The first-order chi connectivity index (χ1) is 13.4. The Morgan fingerprint density at radius 2 is 1.68 bits per heavy atom. The molecule has 2 amide bonds. The van der Waals surface area contributed by atoms with E-state index >= 15 is 0 Å². The summed E-state index contributed by atoms with van der Waals surface area (Å²) < 4.78 is 27.5. The number of carbonyl (C=O) groups is 2. The van der Waals surface area contributed by atoms with Gasteiger partial charge in [-0.15, -0.1) is 0 Å². The van der Waals surface area contributed by atoms with Gasteiger partial charge in [0.2, 0.25) is 0 Å². The zero-order valence-corrected chi connectivity index (χ0v) is 16.5. The molecule has 0 aliphatic carbocycles. The minimum atomic E-state index is -3.80. The van der Waals surface area contributed by atoms with Crippen LogP contribution < -0.4 is 0 Å². The lowest BCUT2D eigenvalue weighted by Crippen LogP contribution is -2.27. The van der Waals surface area contributed by atoms with Crippen LogP contribution in [-0.2, 0) is 14.8 Å². The maximum Gasteiger partial charge on any atom is 0.293 e. The van der Waals surface area contributed by atoms with Crippen LogP contribution in [0.25, 0.3) is 17.0 Å². The number of amides is 2. The number of fused-ring (bicyclic) bond motifs is 1. The van der Waals surface area contributed by atoms with Crippen molar-refractivity contribution in [2.75, 3.05) is 6.54 Å². The predicted molar refractivity (Wildman–Crippen MR) is 109 cm³/mol. The molecule has 0 atom stereocenters. The lowest BCUT2D eigenvalue weighted by atomic mass is 10.1. The summed E-state index contributed by atoms with van der Waals surface area (Å²) in [5.41, 5.74) is 1.07. The van der Waals surface area contributed by atoms with E-state index in [-0.39, 0.29) is 20.9 Å². The van der Waals surface area contributed by atoms with Gasteiger partial charge in [0.15, 0.2) is 0 Å². The molecule has 1 aliphatic heterocycles. The van der Waals surface area contributed by atoms with Crippen LogP contribution in [-0.4, -0.2) is 35.0 Å². The summed E-state index contributed by atoms with van der Waals surface area (Å²) in [5.74, 6) is -0.361. The van der Waals surface area contributed by atoms with E-state index < -0.39 is 10.0 Å². The van der Waals surface area contributed by atoms with E-state index in [0.717, 1.165) is 16.7 Å². The molecule has 0 saturated carbocycles. The van der Waals surface area contributed by atoms with Gasteiger partial charge >= 0.3 is 0 Å². The minimum Gasteiger partial charge on any atom is -0.269 e. The summed E-state index contributed by atoms with van der Waals surface area (Å²) >= 11 is 0.863. The molecule has 0 N–H and O–H groups in total. The van der Waals surface area contributed by atoms with Crippen molar-refractivity contribution in [1.82, 2.24) is 8.87 Å². The second-order valence-corrected chi connectivity index (χ2v) is 8.95. The molecular formula is C20H16N2O4S2. The highest BCUT2D eigenvalue weighted by atomic mass is 32.2. The molecule has 28 heavy (non-hydrogen) atoms. The third-order valence-electron chi connectivity index (χ3n) is 4.49. The maximum absolute atomic E-state index is 13.1. The van der Waals surface area contributed by atoms with Gasteiger partial charge in [-0.3, -0.25) is 14.5 Å². The fourth-order valence-electron chi connectivity index (χ4n) is 3.11. The number of benzene rings is 2. The molecule has 1 aromatic heterocycles. The van der Waals surface area contributed by atoms with Gasteiger partial charge in [0, 0.05) is 23.7 Å². The number of para-hydroxylation sites is 1. The van der Waals surface area contributed by atoms with Gasteiger partial charge in [-0.1, -0.05) is 36.4 Å². The van der Waals surface area contributed by atoms with E-state index in [2.05, 4.69) is 0 Å². The van der Waals surface area contributed by atoms with E-state index in [1.54, 1.807) is 55.5 Å². The SMILES string of the molecule is CCN1C(=O)S/C(=C\c2cn(S(=O)(=O)c3ccccc3)c3ccccc23)C1=O. The molecule has 2 aromatic carbocycles. The molecule has 8 heteroatoms. The van der Waals surface area contributed by atoms with Crippen molar-refractivity contribution in [3.05, 3.63) is 71.3 Å². The largest absolute Gasteiger partial charge is 0.293 e. The van der Waals surface area contributed by atoms with Gasteiger partial charge in [0.05, 0.1) is 15.3 Å². The molecule has 0 spiro atoms. The Hall–Kier alpha value is -2.84. The van der Waals surface area contributed by atoms with Crippen molar-refractivity contribution in [2.45, 2.75) is 11.8 Å². The van der Waals surface area contributed by atoms with Crippen LogP contribution in [0.4, 0.5) is 4.79 Å². The Morgan fingerprint density at radius 3 is 2.36 bits per heavy atom. The number of carbonyl (C=O) groups excluding carboxylic acids is 2. The second kappa shape index (κ2) is 6.96. The number of thioether (sulfide) groups is 1. The minimum absolute atomic E-state index is 0.175. The van der Waals surface area contributed by atoms with Crippen LogP contribution in [0.5, 0.6) is 0 Å². The Bertz CT molecular complexity index is 1230. The zero-order chi connectivity index (χ0) is 19.9.